The highest BCUT2D eigenvalue weighted by molar-refractivity contribution is 7.13. The van der Waals surface area contributed by atoms with E-state index >= 15 is 0 Å². The third-order valence-corrected chi connectivity index (χ3v) is 5.97. The molecule has 7 nitrogen and oxygen atoms in total. The molecule has 0 aliphatic carbocycles. The van der Waals surface area contributed by atoms with Gasteiger partial charge in [0.1, 0.15) is 0 Å². The van der Waals surface area contributed by atoms with Crippen LogP contribution in [0.4, 0.5) is 5.69 Å². The van der Waals surface area contributed by atoms with Gasteiger partial charge in [-0.25, -0.2) is 9.67 Å². The maximum atomic E-state index is 13.3. The van der Waals surface area contributed by atoms with Crippen molar-refractivity contribution in [2.75, 3.05) is 18.5 Å². The largest absolute Gasteiger partial charge is 0.490 e. The fourth-order valence-electron chi connectivity index (χ4n) is 3.57. The first-order valence-corrected chi connectivity index (χ1v) is 11.1. The normalized spacial score (nSPS) is 13.4. The number of carbonyl (C=O) groups excluding carboxylic acids is 1. The van der Waals surface area contributed by atoms with Crippen molar-refractivity contribution in [2.45, 2.75) is 26.3 Å². The molecule has 4 heterocycles. The number of benzene rings is 1. The van der Waals surface area contributed by atoms with Gasteiger partial charge in [0, 0.05) is 24.2 Å². The van der Waals surface area contributed by atoms with Crippen molar-refractivity contribution in [3.8, 4) is 22.1 Å². The molecule has 158 valence electrons. The van der Waals surface area contributed by atoms with E-state index in [4.69, 9.17) is 14.5 Å². The van der Waals surface area contributed by atoms with Gasteiger partial charge in [0.25, 0.3) is 5.91 Å². The van der Waals surface area contributed by atoms with Gasteiger partial charge in [0.15, 0.2) is 17.1 Å². The molecule has 8 heteroatoms. The van der Waals surface area contributed by atoms with Crippen molar-refractivity contribution < 1.29 is 14.3 Å². The molecule has 0 fully saturated rings. The highest BCUT2D eigenvalue weighted by Crippen LogP contribution is 2.33. The van der Waals surface area contributed by atoms with E-state index in [1.165, 1.54) is 0 Å². The lowest BCUT2D eigenvalue weighted by atomic mass is 10.1. The number of aromatic nitrogens is 3. The van der Waals surface area contributed by atoms with Crippen LogP contribution >= 0.6 is 11.3 Å². The van der Waals surface area contributed by atoms with Gasteiger partial charge in [0.05, 0.1) is 40.9 Å². The molecule has 4 aromatic rings. The lowest BCUT2D eigenvalue weighted by Crippen LogP contribution is -2.13. The van der Waals surface area contributed by atoms with E-state index < -0.39 is 0 Å². The number of fused-ring (bicyclic) bond motifs is 2. The van der Waals surface area contributed by atoms with Gasteiger partial charge in [-0.3, -0.25) is 4.79 Å². The summed E-state index contributed by atoms with van der Waals surface area (Å²) in [5.41, 5.74) is 2.64. The molecule has 0 bridgehead atoms. The minimum Gasteiger partial charge on any atom is -0.490 e. The minimum atomic E-state index is -0.219. The molecule has 1 aromatic carbocycles. The Labute approximate surface area is 183 Å². The molecule has 0 saturated heterocycles. The van der Waals surface area contributed by atoms with Gasteiger partial charge in [-0.1, -0.05) is 6.07 Å². The Morgan fingerprint density at radius 3 is 2.77 bits per heavy atom. The van der Waals surface area contributed by atoms with Gasteiger partial charge < -0.3 is 14.8 Å². The van der Waals surface area contributed by atoms with Crippen LogP contribution in [0.5, 0.6) is 11.5 Å². The van der Waals surface area contributed by atoms with Gasteiger partial charge in [-0.2, -0.15) is 5.10 Å². The molecular formula is C23H22N4O3S. The zero-order chi connectivity index (χ0) is 21.4. The maximum Gasteiger partial charge on any atom is 0.256 e. The average Bonchev–Trinajstić information content (AvgIpc) is 3.38. The predicted octanol–water partition coefficient (Wildman–Crippen LogP) is 5.15. The lowest BCUT2D eigenvalue weighted by molar-refractivity contribution is 0.102. The zero-order valence-electron chi connectivity index (χ0n) is 17.3. The van der Waals surface area contributed by atoms with E-state index in [2.05, 4.69) is 10.4 Å². The van der Waals surface area contributed by atoms with Crippen molar-refractivity contribution in [1.29, 1.82) is 0 Å². The fourth-order valence-corrected chi connectivity index (χ4v) is 4.26. The summed E-state index contributed by atoms with van der Waals surface area (Å²) in [6.07, 6.45) is 2.54. The van der Waals surface area contributed by atoms with Crippen LogP contribution in [-0.4, -0.2) is 33.9 Å². The van der Waals surface area contributed by atoms with E-state index in [0.29, 0.717) is 41.6 Å². The Bertz CT molecular complexity index is 1250. The van der Waals surface area contributed by atoms with E-state index in [1.54, 1.807) is 23.6 Å². The Kier molecular flexibility index (Phi) is 5.07. The highest BCUT2D eigenvalue weighted by Gasteiger charge is 2.20. The molecule has 1 amide bonds. The van der Waals surface area contributed by atoms with Crippen LogP contribution in [-0.2, 0) is 0 Å². The van der Waals surface area contributed by atoms with Crippen molar-refractivity contribution in [2.24, 2.45) is 0 Å². The number of hydrogen-bond donors (Lipinski definition) is 1. The third kappa shape index (κ3) is 3.74. The van der Waals surface area contributed by atoms with Crippen LogP contribution < -0.4 is 14.8 Å². The van der Waals surface area contributed by atoms with Gasteiger partial charge >= 0.3 is 0 Å². The Morgan fingerprint density at radius 2 is 2.00 bits per heavy atom. The van der Waals surface area contributed by atoms with E-state index in [-0.39, 0.29) is 11.9 Å². The number of thiophene rings is 1. The van der Waals surface area contributed by atoms with Crippen LogP contribution in [0.25, 0.3) is 21.6 Å². The molecule has 1 aliphatic rings. The zero-order valence-corrected chi connectivity index (χ0v) is 18.1. The molecule has 1 aliphatic heterocycles. The van der Waals surface area contributed by atoms with Crippen LogP contribution in [0.15, 0.2) is 48.0 Å². The number of rotatable bonds is 4. The first-order valence-electron chi connectivity index (χ1n) is 10.2. The summed E-state index contributed by atoms with van der Waals surface area (Å²) in [5.74, 6) is 1.12. The first kappa shape index (κ1) is 19.6. The van der Waals surface area contributed by atoms with Crippen LogP contribution in [0, 0.1) is 0 Å². The summed E-state index contributed by atoms with van der Waals surface area (Å²) in [4.78, 5) is 19.1. The summed E-state index contributed by atoms with van der Waals surface area (Å²) < 4.78 is 13.3. The molecule has 0 spiro atoms. The maximum absolute atomic E-state index is 13.3. The molecule has 0 saturated carbocycles. The molecular weight excluding hydrogens is 412 g/mol. The second-order valence-corrected chi connectivity index (χ2v) is 8.57. The monoisotopic (exact) mass is 434 g/mol. The SMILES string of the molecule is CC(C)n1ncc2c(C(=O)Nc3ccc4c(c3)OCCCO4)cc(-c3cccs3)nc21. The van der Waals surface area contributed by atoms with E-state index in [0.717, 1.165) is 22.4 Å². The number of amides is 1. The van der Waals surface area contributed by atoms with Gasteiger partial charge in [0.2, 0.25) is 0 Å². The van der Waals surface area contributed by atoms with Gasteiger partial charge in [-0.15, -0.1) is 11.3 Å². The second kappa shape index (κ2) is 8.03. The first-order chi connectivity index (χ1) is 15.1. The number of nitrogens with one attached hydrogen (secondary N) is 1. The number of pyridine rings is 1. The lowest BCUT2D eigenvalue weighted by Gasteiger charge is -2.12. The van der Waals surface area contributed by atoms with E-state index in [1.807, 2.05) is 54.2 Å². The minimum absolute atomic E-state index is 0.126. The molecule has 0 radical (unpaired) electrons. The quantitative estimate of drug-likeness (QED) is 0.480. The summed E-state index contributed by atoms with van der Waals surface area (Å²) >= 11 is 1.59. The van der Waals surface area contributed by atoms with Crippen molar-refractivity contribution in [3.05, 3.63) is 53.5 Å². The van der Waals surface area contributed by atoms with Crippen LogP contribution in [0.2, 0.25) is 0 Å². The Balaban J connectivity index is 1.54. The third-order valence-electron chi connectivity index (χ3n) is 5.08. The standard InChI is InChI=1S/C23H22N4O3S/c1-14(2)27-22-17(13-24-27)16(12-18(26-22)21-5-3-10-31-21)23(28)25-15-6-7-19-20(11-15)30-9-4-8-29-19/h3,5-7,10-14H,4,8-9H2,1-2H3,(H,25,28). The molecule has 0 unspecified atom stereocenters. The summed E-state index contributed by atoms with van der Waals surface area (Å²) in [6.45, 7) is 5.31. The molecule has 0 atom stereocenters. The Hall–Kier alpha value is -3.39. The average molecular weight is 435 g/mol. The summed E-state index contributed by atoms with van der Waals surface area (Å²) in [7, 11) is 0. The van der Waals surface area contributed by atoms with Crippen molar-refractivity contribution in [3.63, 3.8) is 0 Å². The summed E-state index contributed by atoms with van der Waals surface area (Å²) in [6, 6.07) is 11.4. The van der Waals surface area contributed by atoms with Gasteiger partial charge in [-0.05, 0) is 43.5 Å². The molecule has 3 aromatic heterocycles. The van der Waals surface area contributed by atoms with Crippen LogP contribution in [0.1, 0.15) is 36.7 Å². The Morgan fingerprint density at radius 1 is 1.16 bits per heavy atom. The molecule has 1 N–H and O–H groups in total. The molecule has 5 rings (SSSR count). The smallest absolute Gasteiger partial charge is 0.256 e. The van der Waals surface area contributed by atoms with E-state index in [9.17, 15) is 4.79 Å². The number of carbonyl (C=O) groups is 1. The number of anilines is 1. The second-order valence-electron chi connectivity index (χ2n) is 7.62. The highest BCUT2D eigenvalue weighted by atomic mass is 32.1. The summed E-state index contributed by atoms with van der Waals surface area (Å²) in [5, 5.41) is 10.2. The number of hydrogen-bond acceptors (Lipinski definition) is 6. The predicted molar refractivity (Wildman–Crippen MR) is 121 cm³/mol. The van der Waals surface area contributed by atoms with Crippen molar-refractivity contribution in [1.82, 2.24) is 14.8 Å². The number of ether oxygens (including phenoxy) is 2. The number of nitrogens with zero attached hydrogens (tertiary/aromatic N) is 3. The van der Waals surface area contributed by atoms with Crippen molar-refractivity contribution >= 4 is 34.0 Å². The molecule has 31 heavy (non-hydrogen) atoms. The van der Waals surface area contributed by atoms with Crippen LogP contribution in [0.3, 0.4) is 0 Å². The fraction of sp³-hybridized carbons (Fsp3) is 0.261. The topological polar surface area (TPSA) is 78.3 Å².